The van der Waals surface area contributed by atoms with E-state index in [4.69, 9.17) is 9.47 Å². The second kappa shape index (κ2) is 8.98. The highest BCUT2D eigenvalue weighted by atomic mass is 16.5. The fraction of sp³-hybridized carbons (Fsp3) is 0.429. The van der Waals surface area contributed by atoms with Crippen LogP contribution in [0, 0.1) is 19.8 Å². The van der Waals surface area contributed by atoms with Crippen LogP contribution in [0.25, 0.3) is 11.4 Å². The van der Waals surface area contributed by atoms with Gasteiger partial charge in [0.2, 0.25) is 11.9 Å². The van der Waals surface area contributed by atoms with Crippen LogP contribution in [0.4, 0.5) is 5.95 Å². The molecule has 3 rings (SSSR count). The SMILES string of the molecule is COc1ccc(-c2nc(NC(=O)Cc3c(C)nn(CC(C)C)c3C)n[nH]2)c(OC)c1. The largest absolute Gasteiger partial charge is 0.497 e. The molecule has 1 aromatic carbocycles. The summed E-state index contributed by atoms with van der Waals surface area (Å²) in [5.74, 6) is 2.24. The Morgan fingerprint density at radius 2 is 2.00 bits per heavy atom. The van der Waals surface area contributed by atoms with Gasteiger partial charge >= 0.3 is 0 Å². The Hall–Kier alpha value is -3.36. The predicted octanol–water partition coefficient (Wildman–Crippen LogP) is 3.14. The van der Waals surface area contributed by atoms with Crippen LogP contribution < -0.4 is 14.8 Å². The maximum absolute atomic E-state index is 12.6. The minimum absolute atomic E-state index is 0.197. The number of carbonyl (C=O) groups is 1. The summed E-state index contributed by atoms with van der Waals surface area (Å²) in [6.45, 7) is 9.02. The number of aryl methyl sites for hydroxylation is 1. The molecule has 3 aromatic rings. The van der Waals surface area contributed by atoms with Crippen LogP contribution in [0.2, 0.25) is 0 Å². The lowest BCUT2D eigenvalue weighted by Gasteiger charge is -2.08. The summed E-state index contributed by atoms with van der Waals surface area (Å²) in [4.78, 5) is 17.0. The van der Waals surface area contributed by atoms with Crippen LogP contribution in [0.15, 0.2) is 18.2 Å². The van der Waals surface area contributed by atoms with Crippen molar-refractivity contribution in [1.29, 1.82) is 0 Å². The minimum atomic E-state index is -0.197. The number of nitrogens with one attached hydrogen (secondary N) is 2. The number of amides is 1. The zero-order chi connectivity index (χ0) is 21.8. The second-order valence-electron chi connectivity index (χ2n) is 7.52. The first-order valence-electron chi connectivity index (χ1n) is 9.79. The van der Waals surface area contributed by atoms with Gasteiger partial charge in [0, 0.05) is 23.9 Å². The van der Waals surface area contributed by atoms with Crippen LogP contribution in [0.3, 0.4) is 0 Å². The summed E-state index contributed by atoms with van der Waals surface area (Å²) in [7, 11) is 3.16. The summed E-state index contributed by atoms with van der Waals surface area (Å²) >= 11 is 0. The zero-order valence-electron chi connectivity index (χ0n) is 18.2. The van der Waals surface area contributed by atoms with E-state index in [1.807, 2.05) is 24.6 Å². The molecule has 0 radical (unpaired) electrons. The monoisotopic (exact) mass is 412 g/mol. The minimum Gasteiger partial charge on any atom is -0.497 e. The topological polar surface area (TPSA) is 107 Å². The third-order valence-electron chi connectivity index (χ3n) is 4.81. The highest BCUT2D eigenvalue weighted by Crippen LogP contribution is 2.31. The summed E-state index contributed by atoms with van der Waals surface area (Å²) < 4.78 is 12.6. The molecule has 0 aliphatic rings. The van der Waals surface area contributed by atoms with Crippen LogP contribution in [-0.2, 0) is 17.8 Å². The molecule has 30 heavy (non-hydrogen) atoms. The summed E-state index contributed by atoms with van der Waals surface area (Å²) in [5, 5.41) is 14.3. The molecule has 2 N–H and O–H groups in total. The Morgan fingerprint density at radius 3 is 2.67 bits per heavy atom. The normalized spacial score (nSPS) is 11.0. The number of aromatic amines is 1. The molecule has 0 unspecified atom stereocenters. The highest BCUT2D eigenvalue weighted by Gasteiger charge is 2.18. The van der Waals surface area contributed by atoms with Crippen molar-refractivity contribution in [3.05, 3.63) is 35.2 Å². The molecular formula is C21H28N6O3. The highest BCUT2D eigenvalue weighted by molar-refractivity contribution is 5.91. The van der Waals surface area contributed by atoms with E-state index in [1.165, 1.54) is 0 Å². The Bertz CT molecular complexity index is 1040. The van der Waals surface area contributed by atoms with E-state index in [-0.39, 0.29) is 18.3 Å². The van der Waals surface area contributed by atoms with E-state index in [9.17, 15) is 4.79 Å². The Morgan fingerprint density at radius 1 is 1.23 bits per heavy atom. The molecule has 2 aromatic heterocycles. The maximum Gasteiger partial charge on any atom is 0.249 e. The van der Waals surface area contributed by atoms with E-state index in [0.717, 1.165) is 23.5 Å². The van der Waals surface area contributed by atoms with Crippen LogP contribution in [0.1, 0.15) is 30.8 Å². The average Bonchev–Trinajstić information content (AvgIpc) is 3.27. The molecule has 0 saturated heterocycles. The lowest BCUT2D eigenvalue weighted by molar-refractivity contribution is -0.115. The third kappa shape index (κ3) is 4.61. The molecule has 9 heteroatoms. The summed E-state index contributed by atoms with van der Waals surface area (Å²) in [6.07, 6.45) is 0.214. The van der Waals surface area contributed by atoms with Crippen molar-refractivity contribution in [2.45, 2.75) is 40.7 Å². The van der Waals surface area contributed by atoms with Crippen LogP contribution >= 0.6 is 0 Å². The van der Waals surface area contributed by atoms with Crippen LogP contribution in [0.5, 0.6) is 11.5 Å². The van der Waals surface area contributed by atoms with E-state index < -0.39 is 0 Å². The first-order valence-corrected chi connectivity index (χ1v) is 9.79. The Balaban J connectivity index is 1.73. The molecule has 0 aliphatic carbocycles. The van der Waals surface area contributed by atoms with Gasteiger partial charge < -0.3 is 9.47 Å². The summed E-state index contributed by atoms with van der Waals surface area (Å²) in [6, 6.07) is 5.38. The van der Waals surface area contributed by atoms with E-state index in [1.54, 1.807) is 26.4 Å². The number of carbonyl (C=O) groups excluding carboxylic acids is 1. The number of rotatable bonds is 8. The van der Waals surface area contributed by atoms with Gasteiger partial charge in [-0.15, -0.1) is 5.10 Å². The van der Waals surface area contributed by atoms with Gasteiger partial charge in [-0.3, -0.25) is 19.9 Å². The first kappa shape index (κ1) is 21.4. The van der Waals surface area contributed by atoms with Gasteiger partial charge in [-0.1, -0.05) is 13.8 Å². The van der Waals surface area contributed by atoms with Gasteiger partial charge in [0.1, 0.15) is 11.5 Å². The number of aromatic nitrogens is 5. The number of methoxy groups -OCH3 is 2. The fourth-order valence-corrected chi connectivity index (χ4v) is 3.28. The molecular weight excluding hydrogens is 384 g/mol. The smallest absolute Gasteiger partial charge is 0.249 e. The Kier molecular flexibility index (Phi) is 6.39. The number of benzene rings is 1. The number of H-pyrrole nitrogens is 1. The molecule has 0 spiro atoms. The van der Waals surface area contributed by atoms with Gasteiger partial charge in [0.25, 0.3) is 0 Å². The maximum atomic E-state index is 12.6. The Labute approximate surface area is 175 Å². The number of hydrogen-bond acceptors (Lipinski definition) is 6. The van der Waals surface area contributed by atoms with E-state index in [2.05, 4.69) is 39.4 Å². The number of nitrogens with zero attached hydrogens (tertiary/aromatic N) is 4. The van der Waals surface area contributed by atoms with Gasteiger partial charge in [0.05, 0.1) is 31.9 Å². The van der Waals surface area contributed by atoms with Crippen molar-refractivity contribution in [1.82, 2.24) is 25.0 Å². The predicted molar refractivity (Wildman–Crippen MR) is 114 cm³/mol. The zero-order valence-corrected chi connectivity index (χ0v) is 18.2. The van der Waals surface area contributed by atoms with E-state index in [0.29, 0.717) is 28.8 Å². The molecule has 0 bridgehead atoms. The van der Waals surface area contributed by atoms with Crippen LogP contribution in [-0.4, -0.2) is 45.1 Å². The first-order chi connectivity index (χ1) is 14.3. The molecule has 0 aliphatic heterocycles. The average molecular weight is 412 g/mol. The second-order valence-corrected chi connectivity index (χ2v) is 7.52. The van der Waals surface area contributed by atoms with Crippen molar-refractivity contribution in [3.63, 3.8) is 0 Å². The van der Waals surface area contributed by atoms with Crippen molar-refractivity contribution in [2.24, 2.45) is 5.92 Å². The lowest BCUT2D eigenvalue weighted by Crippen LogP contribution is -2.16. The van der Waals surface area contributed by atoms with Gasteiger partial charge in [-0.25, -0.2) is 0 Å². The van der Waals surface area contributed by atoms with Gasteiger partial charge in [-0.2, -0.15) is 10.1 Å². The number of anilines is 1. The third-order valence-corrected chi connectivity index (χ3v) is 4.81. The fourth-order valence-electron chi connectivity index (χ4n) is 3.28. The van der Waals surface area contributed by atoms with Crippen molar-refractivity contribution in [3.8, 4) is 22.9 Å². The molecule has 1 amide bonds. The van der Waals surface area contributed by atoms with E-state index >= 15 is 0 Å². The van der Waals surface area contributed by atoms with Crippen molar-refractivity contribution in [2.75, 3.05) is 19.5 Å². The van der Waals surface area contributed by atoms with Crippen molar-refractivity contribution < 1.29 is 14.3 Å². The molecule has 160 valence electrons. The molecule has 9 nitrogen and oxygen atoms in total. The number of ether oxygens (including phenoxy) is 2. The van der Waals surface area contributed by atoms with Gasteiger partial charge in [-0.05, 0) is 31.9 Å². The molecule has 0 atom stereocenters. The molecule has 0 fully saturated rings. The quantitative estimate of drug-likeness (QED) is 0.589. The standard InChI is InChI=1S/C21H28N6O3/c1-12(2)11-27-14(4)17(13(3)26-27)10-19(28)22-21-23-20(24-25-21)16-8-7-15(29-5)9-18(16)30-6/h7-9,12H,10-11H2,1-6H3,(H2,22,23,24,25,28). The molecule has 0 saturated carbocycles. The lowest BCUT2D eigenvalue weighted by atomic mass is 10.1. The van der Waals surface area contributed by atoms with Crippen molar-refractivity contribution >= 4 is 11.9 Å². The summed E-state index contributed by atoms with van der Waals surface area (Å²) in [5.41, 5.74) is 3.52. The van der Waals surface area contributed by atoms with Gasteiger partial charge in [0.15, 0.2) is 5.82 Å². The number of hydrogen-bond donors (Lipinski definition) is 2. The molecule has 2 heterocycles.